The molecule has 0 aromatic carbocycles. The van der Waals surface area contributed by atoms with Crippen LogP contribution in [0.25, 0.3) is 0 Å². The Kier molecular flexibility index (Phi) is 4.93. The van der Waals surface area contributed by atoms with E-state index in [-0.39, 0.29) is 5.41 Å². The van der Waals surface area contributed by atoms with Gasteiger partial charge in [-0.25, -0.2) is 0 Å². The van der Waals surface area contributed by atoms with E-state index in [2.05, 4.69) is 37.6 Å². The summed E-state index contributed by atoms with van der Waals surface area (Å²) < 4.78 is 0. The third-order valence-corrected chi connectivity index (χ3v) is 4.01. The molecule has 0 radical (unpaired) electrons. The van der Waals surface area contributed by atoms with Gasteiger partial charge in [0.15, 0.2) is 0 Å². The van der Waals surface area contributed by atoms with E-state index in [9.17, 15) is 4.79 Å². The highest BCUT2D eigenvalue weighted by Gasteiger charge is 2.29. The molecule has 0 aromatic rings. The summed E-state index contributed by atoms with van der Waals surface area (Å²) in [4.78, 5) is 16.0. The van der Waals surface area contributed by atoms with Gasteiger partial charge in [0, 0.05) is 37.6 Å². The Bertz CT molecular complexity index is 232. The van der Waals surface area contributed by atoms with Crippen molar-refractivity contribution in [3.05, 3.63) is 0 Å². The van der Waals surface area contributed by atoms with Gasteiger partial charge in [0.1, 0.15) is 6.29 Å². The van der Waals surface area contributed by atoms with Crippen molar-refractivity contribution in [3.8, 4) is 0 Å². The van der Waals surface area contributed by atoms with E-state index in [1.54, 1.807) is 0 Å². The molecule has 0 saturated carbocycles. The lowest BCUT2D eigenvalue weighted by molar-refractivity contribution is -0.117. The zero-order valence-electron chi connectivity index (χ0n) is 11.2. The summed E-state index contributed by atoms with van der Waals surface area (Å²) >= 11 is 0. The number of piperazine rings is 1. The molecular formula is C13H26N2O. The molecule has 1 rings (SSSR count). The SMILES string of the molecule is CCC1CN(CC(C)(C=O)CC)CCN1C. The maximum Gasteiger partial charge on any atom is 0.127 e. The third-order valence-electron chi connectivity index (χ3n) is 4.01. The summed E-state index contributed by atoms with van der Waals surface area (Å²) in [7, 11) is 2.20. The molecule has 0 aromatic heterocycles. The number of carbonyl (C=O) groups is 1. The zero-order chi connectivity index (χ0) is 12.2. The normalized spacial score (nSPS) is 27.6. The van der Waals surface area contributed by atoms with Crippen molar-refractivity contribution in [3.63, 3.8) is 0 Å². The van der Waals surface area contributed by atoms with Crippen molar-refractivity contribution in [2.45, 2.75) is 39.7 Å². The van der Waals surface area contributed by atoms with Crippen LogP contribution in [0.5, 0.6) is 0 Å². The lowest BCUT2D eigenvalue weighted by Crippen LogP contribution is -2.53. The Morgan fingerprint density at radius 3 is 2.56 bits per heavy atom. The van der Waals surface area contributed by atoms with Crippen LogP contribution in [0.2, 0.25) is 0 Å². The minimum absolute atomic E-state index is 0.159. The molecule has 0 N–H and O–H groups in total. The summed E-state index contributed by atoms with van der Waals surface area (Å²) in [5.74, 6) is 0. The van der Waals surface area contributed by atoms with Crippen LogP contribution in [0.3, 0.4) is 0 Å². The number of hydrogen-bond donors (Lipinski definition) is 0. The standard InChI is InChI=1S/C13H26N2O/c1-5-12-9-15(8-7-14(12)4)10-13(3,6-2)11-16/h11-12H,5-10H2,1-4H3. The lowest BCUT2D eigenvalue weighted by Gasteiger charge is -2.41. The van der Waals surface area contributed by atoms with Gasteiger partial charge in [-0.1, -0.05) is 20.8 Å². The maximum absolute atomic E-state index is 11.1. The predicted octanol–water partition coefficient (Wildman–Crippen LogP) is 1.63. The van der Waals surface area contributed by atoms with Gasteiger partial charge in [-0.2, -0.15) is 0 Å². The molecule has 1 aliphatic rings. The van der Waals surface area contributed by atoms with E-state index < -0.39 is 0 Å². The Labute approximate surface area is 99.8 Å². The molecule has 0 aliphatic carbocycles. The average Bonchev–Trinajstić information content (AvgIpc) is 2.31. The molecule has 0 amide bonds. The van der Waals surface area contributed by atoms with E-state index in [0.29, 0.717) is 6.04 Å². The smallest absolute Gasteiger partial charge is 0.127 e. The van der Waals surface area contributed by atoms with E-state index in [1.165, 1.54) is 6.42 Å². The summed E-state index contributed by atoms with van der Waals surface area (Å²) in [6.07, 6.45) is 3.25. The predicted molar refractivity (Wildman–Crippen MR) is 67.6 cm³/mol. The van der Waals surface area contributed by atoms with Crippen LogP contribution >= 0.6 is 0 Å². The first-order valence-electron chi connectivity index (χ1n) is 6.43. The van der Waals surface area contributed by atoms with Crippen molar-refractivity contribution in [2.24, 2.45) is 5.41 Å². The fourth-order valence-corrected chi connectivity index (χ4v) is 2.34. The average molecular weight is 226 g/mol. The number of likely N-dealkylation sites (N-methyl/N-ethyl adjacent to an activating group) is 1. The zero-order valence-corrected chi connectivity index (χ0v) is 11.2. The molecule has 3 nitrogen and oxygen atoms in total. The maximum atomic E-state index is 11.1. The summed E-state index contributed by atoms with van der Waals surface area (Å²) in [6.45, 7) is 10.6. The Morgan fingerprint density at radius 1 is 1.38 bits per heavy atom. The van der Waals surface area contributed by atoms with Crippen LogP contribution in [0.15, 0.2) is 0 Å². The van der Waals surface area contributed by atoms with Crippen LogP contribution < -0.4 is 0 Å². The Balaban J connectivity index is 2.53. The second kappa shape index (κ2) is 5.78. The molecular weight excluding hydrogens is 200 g/mol. The van der Waals surface area contributed by atoms with Crippen LogP contribution in [-0.4, -0.2) is 55.4 Å². The van der Waals surface area contributed by atoms with Gasteiger partial charge in [0.2, 0.25) is 0 Å². The first kappa shape index (κ1) is 13.7. The minimum Gasteiger partial charge on any atom is -0.303 e. The molecule has 2 atom stereocenters. The second-order valence-corrected chi connectivity index (χ2v) is 5.40. The molecule has 3 heteroatoms. The quantitative estimate of drug-likeness (QED) is 0.666. The highest BCUT2D eigenvalue weighted by atomic mass is 16.1. The molecule has 94 valence electrons. The second-order valence-electron chi connectivity index (χ2n) is 5.40. The van der Waals surface area contributed by atoms with Gasteiger partial charge in [-0.05, 0) is 19.9 Å². The van der Waals surface area contributed by atoms with Crippen molar-refractivity contribution in [1.29, 1.82) is 0 Å². The molecule has 0 bridgehead atoms. The summed E-state index contributed by atoms with van der Waals surface area (Å²) in [5.41, 5.74) is -0.159. The first-order chi connectivity index (χ1) is 7.54. The van der Waals surface area contributed by atoms with Gasteiger partial charge in [0.25, 0.3) is 0 Å². The highest BCUT2D eigenvalue weighted by molar-refractivity contribution is 5.58. The van der Waals surface area contributed by atoms with Gasteiger partial charge >= 0.3 is 0 Å². The van der Waals surface area contributed by atoms with E-state index in [4.69, 9.17) is 0 Å². The first-order valence-corrected chi connectivity index (χ1v) is 6.43. The number of rotatable bonds is 5. The fraction of sp³-hybridized carbons (Fsp3) is 0.923. The van der Waals surface area contributed by atoms with Crippen molar-refractivity contribution >= 4 is 6.29 Å². The monoisotopic (exact) mass is 226 g/mol. The molecule has 1 heterocycles. The van der Waals surface area contributed by atoms with Crippen LogP contribution in [0.4, 0.5) is 0 Å². The third kappa shape index (κ3) is 3.29. The lowest BCUT2D eigenvalue weighted by atomic mass is 9.88. The Hall–Kier alpha value is -0.410. The van der Waals surface area contributed by atoms with Crippen LogP contribution in [0.1, 0.15) is 33.6 Å². The van der Waals surface area contributed by atoms with Gasteiger partial charge in [0.05, 0.1) is 0 Å². The topological polar surface area (TPSA) is 23.6 Å². The number of aldehydes is 1. The number of hydrogen-bond acceptors (Lipinski definition) is 3. The van der Waals surface area contributed by atoms with E-state index in [1.807, 2.05) is 0 Å². The van der Waals surface area contributed by atoms with Crippen molar-refractivity contribution in [1.82, 2.24) is 9.80 Å². The van der Waals surface area contributed by atoms with Crippen LogP contribution in [0, 0.1) is 5.41 Å². The fourth-order valence-electron chi connectivity index (χ4n) is 2.34. The van der Waals surface area contributed by atoms with E-state index >= 15 is 0 Å². The summed E-state index contributed by atoms with van der Waals surface area (Å²) in [6, 6.07) is 0.654. The van der Waals surface area contributed by atoms with Crippen LogP contribution in [-0.2, 0) is 4.79 Å². The number of carbonyl (C=O) groups excluding carboxylic acids is 1. The number of nitrogens with zero attached hydrogens (tertiary/aromatic N) is 2. The highest BCUT2D eigenvalue weighted by Crippen LogP contribution is 2.21. The molecule has 1 aliphatic heterocycles. The van der Waals surface area contributed by atoms with E-state index in [0.717, 1.165) is 38.9 Å². The minimum atomic E-state index is -0.159. The van der Waals surface area contributed by atoms with Crippen molar-refractivity contribution < 1.29 is 4.79 Å². The molecule has 1 fully saturated rings. The molecule has 0 spiro atoms. The summed E-state index contributed by atoms with van der Waals surface area (Å²) in [5, 5.41) is 0. The van der Waals surface area contributed by atoms with Gasteiger partial charge in [-0.3, -0.25) is 4.90 Å². The van der Waals surface area contributed by atoms with Crippen molar-refractivity contribution in [2.75, 3.05) is 33.2 Å². The van der Waals surface area contributed by atoms with Gasteiger partial charge < -0.3 is 9.69 Å². The molecule has 16 heavy (non-hydrogen) atoms. The molecule has 1 saturated heterocycles. The largest absolute Gasteiger partial charge is 0.303 e. The Morgan fingerprint density at radius 2 is 2.06 bits per heavy atom. The van der Waals surface area contributed by atoms with Gasteiger partial charge in [-0.15, -0.1) is 0 Å². The molecule has 2 unspecified atom stereocenters.